The molecule has 1 amide bonds. The van der Waals surface area contributed by atoms with Gasteiger partial charge in [-0.15, -0.1) is 11.3 Å². The van der Waals surface area contributed by atoms with Crippen LogP contribution in [0.15, 0.2) is 64.9 Å². The Morgan fingerprint density at radius 2 is 1.68 bits per heavy atom. The first-order valence-electron chi connectivity index (χ1n) is 9.88. The third-order valence-corrected chi connectivity index (χ3v) is 7.98. The van der Waals surface area contributed by atoms with Crippen LogP contribution in [0.5, 0.6) is 0 Å². The number of carbonyl (C=O) groups excluding carboxylic acids is 2. The molecule has 0 aliphatic carbocycles. The summed E-state index contributed by atoms with van der Waals surface area (Å²) in [6, 6.07) is 16.4. The summed E-state index contributed by atoms with van der Waals surface area (Å²) in [5.74, 6) is -0.768. The maximum atomic E-state index is 13.0. The van der Waals surface area contributed by atoms with Gasteiger partial charge in [0, 0.05) is 31.1 Å². The van der Waals surface area contributed by atoms with E-state index in [4.69, 9.17) is 4.74 Å². The molecule has 0 radical (unpaired) electrons. The van der Waals surface area contributed by atoms with Crippen LogP contribution in [-0.2, 0) is 30.8 Å². The van der Waals surface area contributed by atoms with E-state index in [9.17, 15) is 18.0 Å². The Labute approximate surface area is 184 Å². The normalized spacial score (nSPS) is 15.2. The van der Waals surface area contributed by atoms with E-state index < -0.39 is 16.0 Å². The molecule has 1 aliphatic rings. The molecule has 2 heterocycles. The molecule has 1 fully saturated rings. The van der Waals surface area contributed by atoms with Crippen molar-refractivity contribution in [3.63, 3.8) is 0 Å². The molecule has 0 saturated carbocycles. The van der Waals surface area contributed by atoms with Crippen LogP contribution >= 0.6 is 11.3 Å². The quantitative estimate of drug-likeness (QED) is 0.530. The number of amides is 1. The Morgan fingerprint density at radius 1 is 0.935 bits per heavy atom. The van der Waals surface area contributed by atoms with E-state index in [0.717, 1.165) is 15.6 Å². The van der Waals surface area contributed by atoms with Crippen LogP contribution in [0.25, 0.3) is 10.8 Å². The lowest BCUT2D eigenvalue weighted by Crippen LogP contribution is -2.51. The molecule has 4 rings (SSSR count). The van der Waals surface area contributed by atoms with Gasteiger partial charge in [0.05, 0.1) is 11.3 Å². The maximum absolute atomic E-state index is 13.0. The lowest BCUT2D eigenvalue weighted by Gasteiger charge is -2.33. The number of nitrogens with zero attached hydrogens (tertiary/aromatic N) is 2. The largest absolute Gasteiger partial charge is 0.455 e. The first-order valence-corrected chi connectivity index (χ1v) is 12.2. The minimum atomic E-state index is -3.65. The van der Waals surface area contributed by atoms with Gasteiger partial charge in [-0.25, -0.2) is 8.42 Å². The van der Waals surface area contributed by atoms with Crippen LogP contribution in [-0.4, -0.2) is 62.3 Å². The molecule has 0 atom stereocenters. The van der Waals surface area contributed by atoms with Gasteiger partial charge in [0.1, 0.15) is 0 Å². The van der Waals surface area contributed by atoms with Crippen molar-refractivity contribution in [1.82, 2.24) is 9.21 Å². The highest BCUT2D eigenvalue weighted by Gasteiger charge is 2.30. The van der Waals surface area contributed by atoms with Crippen LogP contribution in [0.2, 0.25) is 0 Å². The minimum absolute atomic E-state index is 0.142. The molecule has 162 valence electrons. The lowest BCUT2D eigenvalue weighted by atomic mass is 10.1. The Bertz CT molecular complexity index is 1180. The molecule has 1 saturated heterocycles. The molecule has 31 heavy (non-hydrogen) atoms. The van der Waals surface area contributed by atoms with Gasteiger partial charge in [0.15, 0.2) is 6.61 Å². The second-order valence-electron chi connectivity index (χ2n) is 7.21. The van der Waals surface area contributed by atoms with Crippen LogP contribution in [0.4, 0.5) is 0 Å². The molecule has 2 aromatic carbocycles. The van der Waals surface area contributed by atoms with Crippen molar-refractivity contribution in [2.45, 2.75) is 11.3 Å². The fourth-order valence-electron chi connectivity index (χ4n) is 3.49. The number of carbonyl (C=O) groups is 2. The number of thiophene rings is 1. The summed E-state index contributed by atoms with van der Waals surface area (Å²) in [7, 11) is -3.65. The van der Waals surface area contributed by atoms with Crippen molar-refractivity contribution in [2.24, 2.45) is 0 Å². The Morgan fingerprint density at radius 3 is 2.39 bits per heavy atom. The lowest BCUT2D eigenvalue weighted by molar-refractivity contribution is -0.151. The average Bonchev–Trinajstić information content (AvgIpc) is 3.30. The van der Waals surface area contributed by atoms with Crippen molar-refractivity contribution in [2.75, 3.05) is 32.8 Å². The van der Waals surface area contributed by atoms with Crippen molar-refractivity contribution in [3.05, 3.63) is 64.9 Å². The van der Waals surface area contributed by atoms with E-state index in [1.54, 1.807) is 18.2 Å². The number of benzene rings is 2. The van der Waals surface area contributed by atoms with E-state index >= 15 is 0 Å². The van der Waals surface area contributed by atoms with Gasteiger partial charge in [-0.1, -0.05) is 36.4 Å². The van der Waals surface area contributed by atoms with Crippen molar-refractivity contribution >= 4 is 44.0 Å². The molecule has 0 bridgehead atoms. The topological polar surface area (TPSA) is 84.0 Å². The van der Waals surface area contributed by atoms with Crippen molar-refractivity contribution in [1.29, 1.82) is 0 Å². The first-order chi connectivity index (χ1) is 14.9. The summed E-state index contributed by atoms with van der Waals surface area (Å²) in [6.45, 7) is 0.581. The zero-order valence-corrected chi connectivity index (χ0v) is 18.4. The molecule has 7 nitrogen and oxygen atoms in total. The summed E-state index contributed by atoms with van der Waals surface area (Å²) in [6.07, 6.45) is 0.142. The summed E-state index contributed by atoms with van der Waals surface area (Å²) >= 11 is 1.46. The minimum Gasteiger partial charge on any atom is -0.455 e. The van der Waals surface area contributed by atoms with Gasteiger partial charge >= 0.3 is 5.97 Å². The van der Waals surface area contributed by atoms with Crippen molar-refractivity contribution in [3.8, 4) is 0 Å². The molecule has 9 heteroatoms. The number of hydrogen-bond acceptors (Lipinski definition) is 6. The highest BCUT2D eigenvalue weighted by molar-refractivity contribution is 7.89. The van der Waals surface area contributed by atoms with E-state index in [1.165, 1.54) is 20.5 Å². The van der Waals surface area contributed by atoms with Gasteiger partial charge in [-0.3, -0.25) is 9.59 Å². The molecule has 3 aromatic rings. The van der Waals surface area contributed by atoms with E-state index in [1.807, 2.05) is 41.8 Å². The Balaban J connectivity index is 1.31. The van der Waals surface area contributed by atoms with Crippen LogP contribution < -0.4 is 0 Å². The van der Waals surface area contributed by atoms with Gasteiger partial charge in [-0.2, -0.15) is 4.31 Å². The number of esters is 1. The smallest absolute Gasteiger partial charge is 0.311 e. The third kappa shape index (κ3) is 4.95. The fourth-order valence-corrected chi connectivity index (χ4v) is 5.64. The van der Waals surface area contributed by atoms with Gasteiger partial charge in [0.25, 0.3) is 5.91 Å². The molecule has 0 spiro atoms. The first kappa shape index (κ1) is 21.5. The molecular weight excluding hydrogens is 436 g/mol. The van der Waals surface area contributed by atoms with Crippen LogP contribution in [0.1, 0.15) is 4.88 Å². The van der Waals surface area contributed by atoms with E-state index in [2.05, 4.69) is 0 Å². The zero-order valence-electron chi connectivity index (χ0n) is 16.8. The van der Waals surface area contributed by atoms with Gasteiger partial charge in [0.2, 0.25) is 10.0 Å². The van der Waals surface area contributed by atoms with Crippen molar-refractivity contribution < 1.29 is 22.7 Å². The van der Waals surface area contributed by atoms with Gasteiger partial charge < -0.3 is 9.64 Å². The fraction of sp³-hybridized carbons (Fsp3) is 0.273. The van der Waals surface area contributed by atoms with Crippen LogP contribution in [0.3, 0.4) is 0 Å². The average molecular weight is 459 g/mol. The standard InChI is InChI=1S/C22H22N2O5S2/c25-21(16-29-22(26)15-19-6-3-13-30-19)23-9-11-24(12-10-23)31(27,28)20-8-7-17-4-1-2-5-18(17)14-20/h1-8,13-14H,9-12,15-16H2. The molecular formula is C22H22N2O5S2. The molecule has 0 N–H and O–H groups in total. The Hall–Kier alpha value is -2.75. The second kappa shape index (κ2) is 9.17. The number of piperazine rings is 1. The highest BCUT2D eigenvalue weighted by Crippen LogP contribution is 2.23. The Kier molecular flexibility index (Phi) is 6.35. The van der Waals surface area contributed by atoms with Gasteiger partial charge in [-0.05, 0) is 34.4 Å². The summed E-state index contributed by atoms with van der Waals surface area (Å²) in [5, 5.41) is 3.71. The number of ether oxygens (including phenoxy) is 1. The molecule has 1 aromatic heterocycles. The molecule has 0 unspecified atom stereocenters. The number of rotatable bonds is 6. The SMILES string of the molecule is O=C(Cc1cccs1)OCC(=O)N1CCN(S(=O)(=O)c2ccc3ccccc3c2)CC1. The zero-order chi connectivity index (χ0) is 21.8. The van der Waals surface area contributed by atoms with E-state index in [-0.39, 0.29) is 50.0 Å². The number of fused-ring (bicyclic) bond motifs is 1. The monoisotopic (exact) mass is 458 g/mol. The summed E-state index contributed by atoms with van der Waals surface area (Å²) < 4.78 is 32.5. The van der Waals surface area contributed by atoms with E-state index in [0.29, 0.717) is 0 Å². The van der Waals surface area contributed by atoms with Crippen LogP contribution in [0, 0.1) is 0 Å². The summed E-state index contributed by atoms with van der Waals surface area (Å²) in [5.41, 5.74) is 0. The predicted octanol–water partition coefficient (Wildman–Crippen LogP) is 2.52. The summed E-state index contributed by atoms with van der Waals surface area (Å²) in [4.78, 5) is 26.9. The number of hydrogen-bond donors (Lipinski definition) is 0. The molecule has 1 aliphatic heterocycles. The second-order valence-corrected chi connectivity index (χ2v) is 10.2. The predicted molar refractivity (Wildman–Crippen MR) is 118 cm³/mol. The number of sulfonamides is 1. The highest BCUT2D eigenvalue weighted by atomic mass is 32.2. The third-order valence-electron chi connectivity index (χ3n) is 5.21. The maximum Gasteiger partial charge on any atom is 0.311 e.